The largest absolute Gasteiger partial charge is 0.322 e. The Kier molecular flexibility index (Phi) is 4.84. The summed E-state index contributed by atoms with van der Waals surface area (Å²) in [5, 5.41) is 12.5. The quantitative estimate of drug-likeness (QED) is 0.521. The normalized spacial score (nSPS) is 11.0. The lowest BCUT2D eigenvalue weighted by molar-refractivity contribution is 0.102. The van der Waals surface area contributed by atoms with E-state index in [0.29, 0.717) is 21.8 Å². The minimum atomic E-state index is -0.219. The number of hydrogen-bond donors (Lipinski definition) is 1. The zero-order chi connectivity index (χ0) is 19.7. The van der Waals surface area contributed by atoms with Crippen molar-refractivity contribution in [3.05, 3.63) is 82.4 Å². The van der Waals surface area contributed by atoms with E-state index in [1.165, 1.54) is 5.56 Å². The number of carbonyl (C=O) groups excluding carboxylic acids is 1. The molecule has 4 aromatic rings. The van der Waals surface area contributed by atoms with E-state index >= 15 is 0 Å². The summed E-state index contributed by atoms with van der Waals surface area (Å²) in [5.41, 5.74) is 5.73. The molecular formula is C22H19ClN4O. The van der Waals surface area contributed by atoms with Crippen LogP contribution in [0.3, 0.4) is 0 Å². The van der Waals surface area contributed by atoms with Gasteiger partial charge in [-0.2, -0.15) is 4.80 Å². The molecule has 1 N–H and O–H groups in total. The molecule has 5 nitrogen and oxygen atoms in total. The molecule has 0 saturated heterocycles. The fourth-order valence-electron chi connectivity index (χ4n) is 2.91. The van der Waals surface area contributed by atoms with Crippen LogP contribution in [0.5, 0.6) is 0 Å². The molecule has 1 aromatic heterocycles. The lowest BCUT2D eigenvalue weighted by atomic mass is 10.1. The third-order valence-electron chi connectivity index (χ3n) is 4.65. The number of carbonyl (C=O) groups is 1. The van der Waals surface area contributed by atoms with Crippen LogP contribution in [0.15, 0.2) is 60.7 Å². The van der Waals surface area contributed by atoms with Crippen LogP contribution in [-0.4, -0.2) is 20.9 Å². The van der Waals surface area contributed by atoms with Gasteiger partial charge in [0.05, 0.1) is 5.69 Å². The second kappa shape index (κ2) is 7.44. The van der Waals surface area contributed by atoms with Gasteiger partial charge in [0.1, 0.15) is 11.0 Å². The van der Waals surface area contributed by atoms with Crippen LogP contribution in [0.25, 0.3) is 16.7 Å². The highest BCUT2D eigenvalue weighted by Crippen LogP contribution is 2.20. The minimum absolute atomic E-state index is 0.219. The van der Waals surface area contributed by atoms with Gasteiger partial charge in [0.2, 0.25) is 0 Å². The number of hydrogen-bond acceptors (Lipinski definition) is 3. The number of anilines is 1. The Morgan fingerprint density at radius 1 is 1.00 bits per heavy atom. The molecule has 0 atom stereocenters. The summed E-state index contributed by atoms with van der Waals surface area (Å²) < 4.78 is 0. The van der Waals surface area contributed by atoms with E-state index in [0.717, 1.165) is 23.2 Å². The molecule has 0 fully saturated rings. The van der Waals surface area contributed by atoms with Crippen molar-refractivity contribution in [2.45, 2.75) is 20.3 Å². The fraction of sp³-hybridized carbons (Fsp3) is 0.136. The Morgan fingerprint density at radius 2 is 1.75 bits per heavy atom. The van der Waals surface area contributed by atoms with E-state index in [-0.39, 0.29) is 5.91 Å². The maximum absolute atomic E-state index is 12.5. The lowest BCUT2D eigenvalue weighted by Gasteiger charge is -2.06. The molecule has 140 valence electrons. The summed E-state index contributed by atoms with van der Waals surface area (Å²) in [6.45, 7) is 4.02. The summed E-state index contributed by atoms with van der Waals surface area (Å²) in [7, 11) is 0. The van der Waals surface area contributed by atoms with Gasteiger partial charge in [-0.05, 0) is 66.9 Å². The van der Waals surface area contributed by atoms with Crippen LogP contribution < -0.4 is 5.32 Å². The first-order valence-corrected chi connectivity index (χ1v) is 9.45. The van der Waals surface area contributed by atoms with Crippen LogP contribution >= 0.6 is 11.6 Å². The fourth-order valence-corrected chi connectivity index (χ4v) is 3.09. The van der Waals surface area contributed by atoms with Crippen LogP contribution in [0, 0.1) is 6.92 Å². The third kappa shape index (κ3) is 3.62. The first kappa shape index (κ1) is 18.2. The minimum Gasteiger partial charge on any atom is -0.322 e. The van der Waals surface area contributed by atoms with Gasteiger partial charge in [0, 0.05) is 16.3 Å². The van der Waals surface area contributed by atoms with Gasteiger partial charge in [-0.25, -0.2) is 0 Å². The van der Waals surface area contributed by atoms with Gasteiger partial charge >= 0.3 is 0 Å². The summed E-state index contributed by atoms with van der Waals surface area (Å²) in [5.74, 6) is -0.219. The molecule has 0 aliphatic rings. The van der Waals surface area contributed by atoms with E-state index < -0.39 is 0 Å². The van der Waals surface area contributed by atoms with Crippen molar-refractivity contribution in [2.24, 2.45) is 0 Å². The summed E-state index contributed by atoms with van der Waals surface area (Å²) in [4.78, 5) is 14.1. The molecule has 3 aromatic carbocycles. The van der Waals surface area contributed by atoms with Gasteiger partial charge in [0.25, 0.3) is 5.91 Å². The third-order valence-corrected chi connectivity index (χ3v) is 5.05. The summed E-state index contributed by atoms with van der Waals surface area (Å²) in [6.07, 6.45) is 0.990. The number of nitrogens with zero attached hydrogens (tertiary/aromatic N) is 3. The highest BCUT2D eigenvalue weighted by Gasteiger charge is 2.10. The van der Waals surface area contributed by atoms with E-state index in [2.05, 4.69) is 34.6 Å². The van der Waals surface area contributed by atoms with Gasteiger partial charge in [-0.3, -0.25) is 4.79 Å². The van der Waals surface area contributed by atoms with Crippen LogP contribution in [0.4, 0.5) is 5.69 Å². The monoisotopic (exact) mass is 390 g/mol. The van der Waals surface area contributed by atoms with Crippen molar-refractivity contribution in [3.8, 4) is 5.69 Å². The molecule has 4 rings (SSSR count). The van der Waals surface area contributed by atoms with E-state index in [9.17, 15) is 4.79 Å². The average molecular weight is 391 g/mol. The van der Waals surface area contributed by atoms with Crippen molar-refractivity contribution in [3.63, 3.8) is 0 Å². The summed E-state index contributed by atoms with van der Waals surface area (Å²) in [6, 6.07) is 18.9. The van der Waals surface area contributed by atoms with Crippen molar-refractivity contribution in [2.75, 3.05) is 5.32 Å². The Balaban J connectivity index is 1.58. The smallest absolute Gasteiger partial charge is 0.255 e. The molecule has 6 heteroatoms. The number of rotatable bonds is 4. The number of aromatic nitrogens is 3. The Labute approximate surface area is 167 Å². The number of nitrogens with one attached hydrogen (secondary N) is 1. The van der Waals surface area contributed by atoms with Gasteiger partial charge < -0.3 is 5.32 Å². The second-order valence-corrected chi connectivity index (χ2v) is 7.04. The first-order valence-electron chi connectivity index (χ1n) is 9.07. The SMILES string of the molecule is CCc1ccc(-n2nc3ccc(NC(=O)c4ccc(C)c(Cl)c4)cc3n2)cc1. The molecule has 0 spiro atoms. The van der Waals surface area contributed by atoms with Gasteiger partial charge in [-0.15, -0.1) is 10.2 Å². The molecule has 0 aliphatic heterocycles. The zero-order valence-electron chi connectivity index (χ0n) is 15.6. The van der Waals surface area contributed by atoms with Crippen LogP contribution in [-0.2, 0) is 6.42 Å². The predicted molar refractivity (Wildman–Crippen MR) is 112 cm³/mol. The molecule has 0 saturated carbocycles. The average Bonchev–Trinajstić information content (AvgIpc) is 3.13. The van der Waals surface area contributed by atoms with E-state index in [1.54, 1.807) is 16.9 Å². The van der Waals surface area contributed by atoms with Gasteiger partial charge in [0.15, 0.2) is 0 Å². The highest BCUT2D eigenvalue weighted by molar-refractivity contribution is 6.31. The van der Waals surface area contributed by atoms with E-state index in [4.69, 9.17) is 11.6 Å². The number of benzene rings is 3. The maximum atomic E-state index is 12.5. The molecular weight excluding hydrogens is 372 g/mol. The number of amides is 1. The molecule has 0 aliphatic carbocycles. The van der Waals surface area contributed by atoms with E-state index in [1.807, 2.05) is 43.3 Å². The molecule has 28 heavy (non-hydrogen) atoms. The van der Waals surface area contributed by atoms with Crippen molar-refractivity contribution in [1.82, 2.24) is 15.0 Å². The first-order chi connectivity index (χ1) is 13.5. The predicted octanol–water partition coefficient (Wildman–Crippen LogP) is 5.20. The van der Waals surface area contributed by atoms with Crippen molar-refractivity contribution in [1.29, 1.82) is 0 Å². The van der Waals surface area contributed by atoms with Crippen molar-refractivity contribution >= 4 is 34.2 Å². The Morgan fingerprint density at radius 3 is 2.46 bits per heavy atom. The molecule has 1 amide bonds. The molecule has 0 radical (unpaired) electrons. The molecule has 0 bridgehead atoms. The number of halogens is 1. The maximum Gasteiger partial charge on any atom is 0.255 e. The standard InChI is InChI=1S/C22H19ClN4O/c1-3-15-5-9-18(10-6-15)27-25-20-11-8-17(13-21(20)26-27)24-22(28)16-7-4-14(2)19(23)12-16/h4-13H,3H2,1-2H3,(H,24,28). The topological polar surface area (TPSA) is 59.8 Å². The number of fused-ring (bicyclic) bond motifs is 1. The Hall–Kier alpha value is -3.18. The van der Waals surface area contributed by atoms with Crippen LogP contribution in [0.1, 0.15) is 28.4 Å². The molecule has 0 unspecified atom stereocenters. The molecule has 1 heterocycles. The summed E-state index contributed by atoms with van der Waals surface area (Å²) >= 11 is 6.12. The highest BCUT2D eigenvalue weighted by atomic mass is 35.5. The van der Waals surface area contributed by atoms with Gasteiger partial charge in [-0.1, -0.05) is 36.7 Å². The zero-order valence-corrected chi connectivity index (χ0v) is 16.4. The second-order valence-electron chi connectivity index (χ2n) is 6.63. The lowest BCUT2D eigenvalue weighted by Crippen LogP contribution is -2.11. The van der Waals surface area contributed by atoms with Crippen molar-refractivity contribution < 1.29 is 4.79 Å². The Bertz CT molecular complexity index is 1170. The van der Waals surface area contributed by atoms with Crippen LogP contribution in [0.2, 0.25) is 5.02 Å². The number of aryl methyl sites for hydroxylation is 2.